The van der Waals surface area contributed by atoms with Gasteiger partial charge in [-0.15, -0.1) is 11.3 Å². The average Bonchev–Trinajstić information content (AvgIpc) is 3.30. The Labute approximate surface area is 248 Å². The van der Waals surface area contributed by atoms with Crippen LogP contribution in [-0.4, -0.2) is 65.1 Å². The quantitative estimate of drug-likeness (QED) is 0.297. The molecule has 0 unspecified atom stereocenters. The first-order valence-electron chi connectivity index (χ1n) is 13.3. The number of hydrogen-bond acceptors (Lipinski definition) is 10. The number of rotatable bonds is 6. The molecule has 42 heavy (non-hydrogen) atoms. The Hall–Kier alpha value is -4.10. The minimum atomic E-state index is -3.91. The lowest BCUT2D eigenvalue weighted by Crippen LogP contribution is -2.39. The highest BCUT2D eigenvalue weighted by molar-refractivity contribution is 7.94. The van der Waals surface area contributed by atoms with Crippen molar-refractivity contribution in [1.82, 2.24) is 24.8 Å². The maximum atomic E-state index is 13.2. The molecule has 3 aromatic heterocycles. The summed E-state index contributed by atoms with van der Waals surface area (Å²) in [5, 5.41) is 1.49. The second-order valence-electron chi connectivity index (χ2n) is 10.9. The van der Waals surface area contributed by atoms with Crippen LogP contribution in [-0.2, 0) is 14.8 Å². The number of hydrogen-bond donors (Lipinski definition) is 1. The van der Waals surface area contributed by atoms with Crippen molar-refractivity contribution in [3.63, 3.8) is 0 Å². The lowest BCUT2D eigenvalue weighted by atomic mass is 9.98. The number of ether oxygens (including phenoxy) is 2. The summed E-state index contributed by atoms with van der Waals surface area (Å²) in [6.07, 6.45) is 5.42. The second kappa shape index (κ2) is 11.3. The molecule has 0 fully saturated rings. The van der Waals surface area contributed by atoms with E-state index in [1.807, 2.05) is 45.0 Å². The molecule has 0 aliphatic carbocycles. The first-order chi connectivity index (χ1) is 19.8. The van der Waals surface area contributed by atoms with Crippen LogP contribution in [0.1, 0.15) is 43.6 Å². The normalized spacial score (nSPS) is 14.0. The Morgan fingerprint density at radius 3 is 2.52 bits per heavy atom. The van der Waals surface area contributed by atoms with Crippen LogP contribution in [0.3, 0.4) is 0 Å². The van der Waals surface area contributed by atoms with Crippen LogP contribution in [0, 0.1) is 13.8 Å². The topological polar surface area (TPSA) is 136 Å². The third-order valence-electron chi connectivity index (χ3n) is 6.53. The zero-order valence-corrected chi connectivity index (χ0v) is 25.9. The van der Waals surface area contributed by atoms with Gasteiger partial charge in [0.25, 0.3) is 10.0 Å². The van der Waals surface area contributed by atoms with Gasteiger partial charge >= 0.3 is 6.09 Å². The van der Waals surface area contributed by atoms with E-state index in [2.05, 4.69) is 24.7 Å². The predicted molar refractivity (Wildman–Crippen MR) is 162 cm³/mol. The number of nitrogens with one attached hydrogen (secondary N) is 1. The monoisotopic (exact) mass is 608 g/mol. The largest absolute Gasteiger partial charge is 0.480 e. The number of carbonyl (C=O) groups excluding carboxylic acids is 1. The first kappa shape index (κ1) is 29.4. The van der Waals surface area contributed by atoms with E-state index >= 15 is 0 Å². The molecular weight excluding hydrogens is 576 g/mol. The van der Waals surface area contributed by atoms with Gasteiger partial charge in [0.2, 0.25) is 5.88 Å². The number of carbonyl (C=O) groups is 1. The lowest BCUT2D eigenvalue weighted by molar-refractivity contribution is 0.0270. The molecule has 1 amide bonds. The number of aromatic nitrogens is 4. The van der Waals surface area contributed by atoms with E-state index in [1.165, 1.54) is 13.4 Å². The minimum absolute atomic E-state index is 0.144. The number of nitrogens with zero attached hydrogens (tertiary/aromatic N) is 5. The molecule has 4 heterocycles. The molecule has 0 atom stereocenters. The van der Waals surface area contributed by atoms with E-state index in [4.69, 9.17) is 9.47 Å². The molecule has 0 bridgehead atoms. The third-order valence-corrected chi connectivity index (χ3v) is 9.58. The Kier molecular flexibility index (Phi) is 7.90. The number of thiazole rings is 1. The summed E-state index contributed by atoms with van der Waals surface area (Å²) < 4.78 is 40.0. The van der Waals surface area contributed by atoms with Crippen molar-refractivity contribution in [2.75, 3.05) is 24.9 Å². The molecule has 0 saturated carbocycles. The van der Waals surface area contributed by atoms with E-state index in [-0.39, 0.29) is 21.9 Å². The number of methoxy groups -OCH3 is 1. The zero-order chi connectivity index (χ0) is 30.2. The smallest absolute Gasteiger partial charge is 0.410 e. The zero-order valence-electron chi connectivity index (χ0n) is 24.3. The highest BCUT2D eigenvalue weighted by Gasteiger charge is 2.26. The molecular formula is C29H32N6O5S2. The van der Waals surface area contributed by atoms with E-state index in [0.29, 0.717) is 35.8 Å². The molecule has 1 N–H and O–H groups in total. The number of sulfonamides is 1. The van der Waals surface area contributed by atoms with Crippen molar-refractivity contribution in [1.29, 1.82) is 0 Å². The lowest BCUT2D eigenvalue weighted by Gasteiger charge is -2.29. The number of aryl methyl sites for hydroxylation is 2. The van der Waals surface area contributed by atoms with Crippen LogP contribution < -0.4 is 9.46 Å². The fraction of sp³-hybridized carbons (Fsp3) is 0.345. The summed E-state index contributed by atoms with van der Waals surface area (Å²) in [5.74, 6) is 0.146. The van der Waals surface area contributed by atoms with Gasteiger partial charge in [-0.3, -0.25) is 4.72 Å². The fourth-order valence-corrected chi connectivity index (χ4v) is 7.20. The van der Waals surface area contributed by atoms with Crippen molar-refractivity contribution >= 4 is 49.6 Å². The van der Waals surface area contributed by atoms with Crippen molar-refractivity contribution in [2.24, 2.45) is 0 Å². The van der Waals surface area contributed by atoms with E-state index in [9.17, 15) is 13.2 Å². The van der Waals surface area contributed by atoms with Gasteiger partial charge in [-0.25, -0.2) is 33.1 Å². The summed E-state index contributed by atoms with van der Waals surface area (Å²) in [4.78, 5) is 31.8. The van der Waals surface area contributed by atoms with Crippen LogP contribution in [0.2, 0.25) is 0 Å². The number of fused-ring (bicyclic) bond motifs is 1. The molecule has 13 heteroatoms. The van der Waals surface area contributed by atoms with E-state index < -0.39 is 15.6 Å². The van der Waals surface area contributed by atoms with Crippen molar-refractivity contribution in [2.45, 2.75) is 50.8 Å². The third kappa shape index (κ3) is 6.21. The van der Waals surface area contributed by atoms with Crippen LogP contribution in [0.5, 0.6) is 5.88 Å². The molecule has 1 aliphatic heterocycles. The van der Waals surface area contributed by atoms with Crippen molar-refractivity contribution in [3.8, 4) is 17.0 Å². The number of anilines is 1. The van der Waals surface area contributed by atoms with E-state index in [1.54, 1.807) is 31.0 Å². The number of amides is 1. The maximum absolute atomic E-state index is 13.2. The molecule has 0 spiro atoms. The Bertz CT molecular complexity index is 1810. The summed E-state index contributed by atoms with van der Waals surface area (Å²) in [6.45, 7) is 9.89. The maximum Gasteiger partial charge on any atom is 0.410 e. The van der Waals surface area contributed by atoms with Gasteiger partial charge in [0, 0.05) is 30.2 Å². The fourth-order valence-electron chi connectivity index (χ4n) is 4.67. The summed E-state index contributed by atoms with van der Waals surface area (Å²) in [6, 6.07) is 7.45. The predicted octanol–water partition coefficient (Wildman–Crippen LogP) is 5.60. The van der Waals surface area contributed by atoms with Gasteiger partial charge in [-0.1, -0.05) is 12.1 Å². The Morgan fingerprint density at radius 1 is 1.10 bits per heavy atom. The van der Waals surface area contributed by atoms with Crippen molar-refractivity contribution in [3.05, 3.63) is 59.3 Å². The van der Waals surface area contributed by atoms with Gasteiger partial charge in [0.1, 0.15) is 17.6 Å². The van der Waals surface area contributed by atoms with Gasteiger partial charge in [0.05, 0.1) is 29.0 Å². The molecule has 0 radical (unpaired) electrons. The van der Waals surface area contributed by atoms with Gasteiger partial charge in [-0.05, 0) is 70.4 Å². The molecule has 5 rings (SSSR count). The Balaban J connectivity index is 1.47. The SMILES string of the molecule is COc1ncc(-c2ccc3ncnc(C4=CCN(C(=O)OC(C)(C)C)CC4)c3c2)cc1NS(=O)(=O)c1sc(C)nc1C. The summed E-state index contributed by atoms with van der Waals surface area (Å²) >= 11 is 1.10. The Morgan fingerprint density at radius 2 is 1.88 bits per heavy atom. The molecule has 220 valence electrons. The van der Waals surface area contributed by atoms with Crippen molar-refractivity contribution < 1.29 is 22.7 Å². The number of benzene rings is 1. The number of pyridine rings is 1. The second-order valence-corrected chi connectivity index (χ2v) is 13.9. The van der Waals surface area contributed by atoms with Crippen LogP contribution >= 0.6 is 11.3 Å². The highest BCUT2D eigenvalue weighted by Crippen LogP contribution is 2.34. The van der Waals surface area contributed by atoms with Crippen LogP contribution in [0.15, 0.2) is 47.1 Å². The molecule has 1 aliphatic rings. The first-order valence-corrected chi connectivity index (χ1v) is 15.6. The molecule has 11 nitrogen and oxygen atoms in total. The standard InChI is InChI=1S/C29H32N6O5S2/c1-17-27(41-18(2)33-17)42(37,38)34-24-14-21(15-30-26(24)39-6)20-7-8-23-22(13-20)25(32-16-31-23)19-9-11-35(12-10-19)28(36)40-29(3,4)5/h7-9,13-16,34H,10-12H2,1-6H3. The summed E-state index contributed by atoms with van der Waals surface area (Å²) in [7, 11) is -2.48. The summed E-state index contributed by atoms with van der Waals surface area (Å²) in [5.41, 5.74) is 4.11. The van der Waals surface area contributed by atoms with Gasteiger partial charge in [0.15, 0.2) is 4.21 Å². The minimum Gasteiger partial charge on any atom is -0.480 e. The molecule has 0 saturated heterocycles. The van der Waals surface area contributed by atoms with Gasteiger partial charge in [-0.2, -0.15) is 0 Å². The van der Waals surface area contributed by atoms with E-state index in [0.717, 1.165) is 39.1 Å². The van der Waals surface area contributed by atoms with Crippen LogP contribution in [0.4, 0.5) is 10.5 Å². The highest BCUT2D eigenvalue weighted by atomic mass is 32.2. The van der Waals surface area contributed by atoms with Gasteiger partial charge < -0.3 is 14.4 Å². The van der Waals surface area contributed by atoms with Crippen LogP contribution in [0.25, 0.3) is 27.6 Å². The molecule has 1 aromatic carbocycles. The average molecular weight is 609 g/mol. The molecule has 4 aromatic rings.